The number of aliphatic hydroxyl groups excluding tert-OH is 1. The smallest absolute Gasteiger partial charge is 0.153 e. The Hall–Kier alpha value is -1.77. The van der Waals surface area contributed by atoms with Crippen LogP contribution in [0.4, 0.5) is 5.82 Å². The molecule has 3 aromatic rings. The van der Waals surface area contributed by atoms with E-state index in [1.165, 1.54) is 0 Å². The van der Waals surface area contributed by atoms with E-state index in [9.17, 15) is 5.11 Å². The van der Waals surface area contributed by atoms with Crippen LogP contribution in [0.15, 0.2) is 29.8 Å². The van der Waals surface area contributed by atoms with Crippen LogP contribution >= 0.6 is 34.5 Å². The molecule has 2 aromatic heterocycles. The molecular weight excluding hydrogens is 453 g/mol. The number of halogens is 2. The maximum Gasteiger partial charge on any atom is 0.153 e. The van der Waals surface area contributed by atoms with Gasteiger partial charge in [0.1, 0.15) is 10.7 Å². The monoisotopic (exact) mass is 477 g/mol. The van der Waals surface area contributed by atoms with Crippen LogP contribution in [0.5, 0.6) is 0 Å². The highest BCUT2D eigenvalue weighted by molar-refractivity contribution is 7.09. The zero-order chi connectivity index (χ0) is 22.2. The fourth-order valence-corrected chi connectivity index (χ4v) is 5.27. The molecule has 1 aliphatic heterocycles. The van der Waals surface area contributed by atoms with Crippen LogP contribution in [0.2, 0.25) is 10.0 Å². The highest BCUT2D eigenvalue weighted by Crippen LogP contribution is 2.43. The zero-order valence-electron chi connectivity index (χ0n) is 17.5. The third kappa shape index (κ3) is 4.30. The van der Waals surface area contributed by atoms with Gasteiger partial charge in [-0.05, 0) is 31.2 Å². The van der Waals surface area contributed by atoms with Crippen molar-refractivity contribution in [3.05, 3.63) is 56.2 Å². The minimum Gasteiger partial charge on any atom is -0.390 e. The van der Waals surface area contributed by atoms with Gasteiger partial charge < -0.3 is 15.7 Å². The van der Waals surface area contributed by atoms with Crippen LogP contribution in [0.25, 0.3) is 11.3 Å². The fraction of sp³-hybridized carbons (Fsp3) is 0.409. The summed E-state index contributed by atoms with van der Waals surface area (Å²) in [6.45, 7) is 5.49. The topological polar surface area (TPSA) is 88.2 Å². The maximum absolute atomic E-state index is 10.0. The number of aliphatic hydroxyl groups is 1. The standard InChI is InChI=1S/C22H25Cl2N5OS/c1-13-18(14-4-3-5-15(23)17(14)24)28-16(12-30)20(27-13)29-9-6-22(2,7-10-29)19(25)21-26-8-11-31-21/h3-5,8,11,19,30H,6-7,9-10,12,25H2,1-2H3. The molecule has 1 saturated heterocycles. The largest absolute Gasteiger partial charge is 0.390 e. The molecule has 3 heterocycles. The van der Waals surface area contributed by atoms with E-state index >= 15 is 0 Å². The van der Waals surface area contributed by atoms with E-state index in [4.69, 9.17) is 38.9 Å². The van der Waals surface area contributed by atoms with Crippen molar-refractivity contribution < 1.29 is 5.11 Å². The highest BCUT2D eigenvalue weighted by Gasteiger charge is 2.38. The number of piperidine rings is 1. The normalized spacial score (nSPS) is 17.0. The average Bonchev–Trinajstić information content (AvgIpc) is 3.30. The fourth-order valence-electron chi connectivity index (χ4n) is 4.07. The van der Waals surface area contributed by atoms with Crippen molar-refractivity contribution in [2.45, 2.75) is 39.3 Å². The van der Waals surface area contributed by atoms with Gasteiger partial charge in [0.05, 0.1) is 34.1 Å². The molecule has 31 heavy (non-hydrogen) atoms. The Morgan fingerprint density at radius 1 is 1.26 bits per heavy atom. The number of hydrogen-bond acceptors (Lipinski definition) is 7. The van der Waals surface area contributed by atoms with Gasteiger partial charge in [-0.2, -0.15) is 0 Å². The number of nitrogens with two attached hydrogens (primary N) is 1. The van der Waals surface area contributed by atoms with Crippen molar-refractivity contribution in [2.24, 2.45) is 11.1 Å². The molecule has 0 saturated carbocycles. The molecule has 1 unspecified atom stereocenters. The van der Waals surface area contributed by atoms with Gasteiger partial charge in [0.2, 0.25) is 0 Å². The number of anilines is 1. The lowest BCUT2D eigenvalue weighted by atomic mass is 9.74. The van der Waals surface area contributed by atoms with Crippen LogP contribution in [0.3, 0.4) is 0 Å². The molecule has 0 bridgehead atoms. The number of aryl methyl sites for hydroxylation is 1. The molecule has 1 aromatic carbocycles. The van der Waals surface area contributed by atoms with E-state index in [-0.39, 0.29) is 18.1 Å². The molecule has 1 aliphatic rings. The minimum atomic E-state index is -0.208. The predicted octanol–water partition coefficient (Wildman–Crippen LogP) is 5.01. The average molecular weight is 478 g/mol. The second-order valence-corrected chi connectivity index (χ2v) is 9.89. The quantitative estimate of drug-likeness (QED) is 0.536. The first-order valence-corrected chi connectivity index (χ1v) is 11.8. The van der Waals surface area contributed by atoms with Gasteiger partial charge in [-0.25, -0.2) is 15.0 Å². The number of aromatic nitrogens is 3. The summed E-state index contributed by atoms with van der Waals surface area (Å²) in [5.74, 6) is 0.715. The van der Waals surface area contributed by atoms with E-state index < -0.39 is 0 Å². The van der Waals surface area contributed by atoms with E-state index in [1.807, 2.05) is 24.4 Å². The van der Waals surface area contributed by atoms with E-state index in [0.717, 1.165) is 36.6 Å². The highest BCUT2D eigenvalue weighted by atomic mass is 35.5. The number of thiazole rings is 1. The van der Waals surface area contributed by atoms with Gasteiger partial charge in [0.25, 0.3) is 0 Å². The van der Waals surface area contributed by atoms with Gasteiger partial charge in [-0.15, -0.1) is 11.3 Å². The molecule has 164 valence electrons. The van der Waals surface area contributed by atoms with E-state index in [2.05, 4.69) is 16.8 Å². The first kappa shape index (κ1) is 22.4. The molecule has 1 fully saturated rings. The van der Waals surface area contributed by atoms with Crippen LogP contribution in [0.1, 0.15) is 42.2 Å². The number of benzene rings is 1. The van der Waals surface area contributed by atoms with Crippen molar-refractivity contribution in [1.82, 2.24) is 15.0 Å². The zero-order valence-corrected chi connectivity index (χ0v) is 19.8. The molecule has 0 amide bonds. The van der Waals surface area contributed by atoms with Crippen molar-refractivity contribution >= 4 is 40.4 Å². The predicted molar refractivity (Wildman–Crippen MR) is 127 cm³/mol. The first-order chi connectivity index (χ1) is 14.8. The SMILES string of the molecule is Cc1nc(N2CCC(C)(C(N)c3nccs3)CC2)c(CO)nc1-c1cccc(Cl)c1Cl. The molecule has 3 N–H and O–H groups in total. The second kappa shape index (κ2) is 9.00. The van der Waals surface area contributed by atoms with Crippen LogP contribution in [-0.4, -0.2) is 33.1 Å². The Kier molecular flexibility index (Phi) is 6.51. The Morgan fingerprint density at radius 3 is 2.65 bits per heavy atom. The summed E-state index contributed by atoms with van der Waals surface area (Å²) in [6.07, 6.45) is 3.61. The molecule has 0 spiro atoms. The van der Waals surface area contributed by atoms with Gasteiger partial charge in [-0.1, -0.05) is 42.3 Å². The molecular formula is C22H25Cl2N5OS. The van der Waals surface area contributed by atoms with E-state index in [0.29, 0.717) is 32.8 Å². The van der Waals surface area contributed by atoms with Crippen LogP contribution in [-0.2, 0) is 6.61 Å². The summed E-state index contributed by atoms with van der Waals surface area (Å²) in [4.78, 5) is 16.1. The number of nitrogens with zero attached hydrogens (tertiary/aromatic N) is 4. The van der Waals surface area contributed by atoms with Crippen molar-refractivity contribution in [2.75, 3.05) is 18.0 Å². The van der Waals surface area contributed by atoms with Gasteiger partial charge >= 0.3 is 0 Å². The molecule has 4 rings (SSSR count). The molecule has 1 atom stereocenters. The Balaban J connectivity index is 1.59. The summed E-state index contributed by atoms with van der Waals surface area (Å²) >= 11 is 14.2. The van der Waals surface area contributed by atoms with Crippen LogP contribution in [0, 0.1) is 12.3 Å². The lowest BCUT2D eigenvalue weighted by molar-refractivity contribution is 0.194. The lowest BCUT2D eigenvalue weighted by Crippen LogP contribution is -2.44. The second-order valence-electron chi connectivity index (χ2n) is 8.18. The number of hydrogen-bond donors (Lipinski definition) is 2. The van der Waals surface area contributed by atoms with Gasteiger partial charge in [0, 0.05) is 30.2 Å². The molecule has 0 radical (unpaired) electrons. The summed E-state index contributed by atoms with van der Waals surface area (Å²) < 4.78 is 0. The van der Waals surface area contributed by atoms with Gasteiger partial charge in [-0.3, -0.25) is 0 Å². The molecule has 9 heteroatoms. The Bertz CT molecular complexity index is 1070. The van der Waals surface area contributed by atoms with Crippen molar-refractivity contribution in [3.8, 4) is 11.3 Å². The number of rotatable bonds is 5. The summed E-state index contributed by atoms with van der Waals surface area (Å²) in [7, 11) is 0. The Morgan fingerprint density at radius 2 is 2.00 bits per heavy atom. The third-order valence-corrected chi connectivity index (χ3v) is 7.83. The summed E-state index contributed by atoms with van der Waals surface area (Å²) in [6, 6.07) is 5.33. The lowest BCUT2D eigenvalue weighted by Gasteiger charge is -2.43. The summed E-state index contributed by atoms with van der Waals surface area (Å²) in [5, 5.41) is 13.9. The van der Waals surface area contributed by atoms with E-state index in [1.54, 1.807) is 23.6 Å². The first-order valence-electron chi connectivity index (χ1n) is 10.2. The van der Waals surface area contributed by atoms with Gasteiger partial charge in [0.15, 0.2) is 5.82 Å². The summed E-state index contributed by atoms with van der Waals surface area (Å²) in [5.41, 5.74) is 9.14. The minimum absolute atomic E-state index is 0.0372. The molecule has 0 aliphatic carbocycles. The molecule has 6 nitrogen and oxygen atoms in total. The maximum atomic E-state index is 10.0. The third-order valence-electron chi connectivity index (χ3n) is 6.15. The van der Waals surface area contributed by atoms with Crippen molar-refractivity contribution in [1.29, 1.82) is 0 Å². The Labute approximate surface area is 196 Å². The van der Waals surface area contributed by atoms with Crippen molar-refractivity contribution in [3.63, 3.8) is 0 Å². The van der Waals surface area contributed by atoms with Crippen LogP contribution < -0.4 is 10.6 Å².